The Kier molecular flexibility index (Phi) is 6.49. The molecule has 0 fully saturated rings. The van der Waals surface area contributed by atoms with Crippen LogP contribution in [-0.2, 0) is 4.74 Å². The zero-order valence-corrected chi connectivity index (χ0v) is 11.5. The van der Waals surface area contributed by atoms with Crippen molar-refractivity contribution in [3.05, 3.63) is 11.2 Å². The summed E-state index contributed by atoms with van der Waals surface area (Å²) >= 11 is 0. The molecule has 4 heteroatoms. The topological polar surface area (TPSA) is 24.5 Å². The highest BCUT2D eigenvalue weighted by Gasteiger charge is 2.07. The first-order chi connectivity index (χ1) is 6.21. The van der Waals surface area contributed by atoms with Crippen molar-refractivity contribution in [1.29, 1.82) is 0 Å². The number of nitrogens with one attached hydrogen (secondary N) is 1. The van der Waals surface area contributed by atoms with Crippen LogP contribution >= 0.6 is 0 Å². The molecule has 0 atom stereocenters. The van der Waals surface area contributed by atoms with Crippen LogP contribution in [0.1, 0.15) is 20.8 Å². The standard InChI is InChI=1S/C9H22N2OSi/c1-5-10-8(9(13)12-4)11(6-2)7-3/h10H,5-7H2,1-4,13H3. The van der Waals surface area contributed by atoms with Crippen molar-refractivity contribution in [3.63, 3.8) is 0 Å². The van der Waals surface area contributed by atoms with Crippen molar-refractivity contribution in [1.82, 2.24) is 10.2 Å². The lowest BCUT2D eigenvalue weighted by atomic mass is 10.5. The summed E-state index contributed by atoms with van der Waals surface area (Å²) in [7, 11) is 2.69. The Morgan fingerprint density at radius 1 is 1.31 bits per heavy atom. The highest BCUT2D eigenvalue weighted by atomic mass is 28.1. The van der Waals surface area contributed by atoms with Crippen molar-refractivity contribution in [2.45, 2.75) is 20.8 Å². The maximum absolute atomic E-state index is 5.29. The molecule has 0 aromatic carbocycles. The minimum atomic E-state index is 0.945. The Morgan fingerprint density at radius 3 is 2.15 bits per heavy atom. The van der Waals surface area contributed by atoms with Gasteiger partial charge >= 0.3 is 0 Å². The van der Waals surface area contributed by atoms with Crippen LogP contribution in [0.25, 0.3) is 0 Å². The molecular formula is C9H22N2OSi. The molecule has 0 unspecified atom stereocenters. The molecule has 0 aromatic heterocycles. The summed E-state index contributed by atoms with van der Waals surface area (Å²) < 4.78 is 5.29. The van der Waals surface area contributed by atoms with Crippen LogP contribution in [0.15, 0.2) is 11.2 Å². The zero-order valence-electron chi connectivity index (χ0n) is 9.48. The molecule has 3 nitrogen and oxygen atoms in total. The Labute approximate surface area is 84.6 Å². The molecule has 0 saturated heterocycles. The minimum Gasteiger partial charge on any atom is -0.504 e. The molecule has 0 rings (SSSR count). The summed E-state index contributed by atoms with van der Waals surface area (Å²) in [6.07, 6.45) is 0. The van der Waals surface area contributed by atoms with Crippen molar-refractivity contribution in [2.75, 3.05) is 26.7 Å². The number of ether oxygens (including phenoxy) is 1. The number of methoxy groups -OCH3 is 1. The average molecular weight is 202 g/mol. The molecule has 0 saturated carbocycles. The molecule has 13 heavy (non-hydrogen) atoms. The lowest BCUT2D eigenvalue weighted by molar-refractivity contribution is 0.273. The smallest absolute Gasteiger partial charge is 0.134 e. The van der Waals surface area contributed by atoms with E-state index in [2.05, 4.69) is 31.0 Å². The van der Waals surface area contributed by atoms with Gasteiger partial charge in [-0.15, -0.1) is 0 Å². The highest BCUT2D eigenvalue weighted by Crippen LogP contribution is 2.04. The van der Waals surface area contributed by atoms with Crippen LogP contribution in [0, 0.1) is 0 Å². The van der Waals surface area contributed by atoms with Crippen LogP contribution in [0.4, 0.5) is 0 Å². The van der Waals surface area contributed by atoms with Gasteiger partial charge in [0.2, 0.25) is 0 Å². The van der Waals surface area contributed by atoms with Gasteiger partial charge in [-0.05, 0) is 20.8 Å². The fraction of sp³-hybridized carbons (Fsp3) is 0.778. The van der Waals surface area contributed by atoms with E-state index in [1.807, 2.05) is 0 Å². The fourth-order valence-electron chi connectivity index (χ4n) is 1.26. The maximum atomic E-state index is 5.29. The molecule has 0 spiro atoms. The molecule has 0 aliphatic carbocycles. The first kappa shape index (κ1) is 12.4. The van der Waals surface area contributed by atoms with E-state index in [4.69, 9.17) is 4.74 Å². The predicted octanol–water partition coefficient (Wildman–Crippen LogP) is 0.0761. The van der Waals surface area contributed by atoms with Gasteiger partial charge in [-0.3, -0.25) is 0 Å². The second-order valence-electron chi connectivity index (χ2n) is 2.81. The number of rotatable bonds is 6. The van der Waals surface area contributed by atoms with Crippen molar-refractivity contribution < 1.29 is 4.74 Å². The quantitative estimate of drug-likeness (QED) is 0.487. The van der Waals surface area contributed by atoms with Gasteiger partial charge < -0.3 is 15.0 Å². The largest absolute Gasteiger partial charge is 0.504 e. The van der Waals surface area contributed by atoms with E-state index in [1.165, 1.54) is 5.82 Å². The maximum Gasteiger partial charge on any atom is 0.134 e. The Balaban J connectivity index is 4.56. The predicted molar refractivity (Wildman–Crippen MR) is 60.6 cm³/mol. The molecule has 0 amide bonds. The van der Waals surface area contributed by atoms with Crippen LogP contribution in [0.2, 0.25) is 0 Å². The van der Waals surface area contributed by atoms with Gasteiger partial charge in [0.25, 0.3) is 0 Å². The Hall–Kier alpha value is -0.643. The van der Waals surface area contributed by atoms with E-state index in [-0.39, 0.29) is 0 Å². The first-order valence-electron chi connectivity index (χ1n) is 4.94. The van der Waals surface area contributed by atoms with Crippen LogP contribution in [0.5, 0.6) is 0 Å². The van der Waals surface area contributed by atoms with E-state index in [0.29, 0.717) is 0 Å². The fourth-order valence-corrected chi connectivity index (χ4v) is 1.76. The van der Waals surface area contributed by atoms with Crippen LogP contribution in [-0.4, -0.2) is 41.9 Å². The second kappa shape index (κ2) is 6.83. The van der Waals surface area contributed by atoms with Crippen LogP contribution in [0.3, 0.4) is 0 Å². The summed E-state index contributed by atoms with van der Waals surface area (Å²) in [6.45, 7) is 9.41. The summed E-state index contributed by atoms with van der Waals surface area (Å²) in [6, 6.07) is 0. The first-order valence-corrected chi connectivity index (χ1v) is 5.94. The molecule has 0 aliphatic heterocycles. The van der Waals surface area contributed by atoms with Gasteiger partial charge in [-0.25, -0.2) is 0 Å². The normalized spacial score (nSPS) is 12.3. The molecule has 0 heterocycles. The number of nitrogens with zero attached hydrogens (tertiary/aromatic N) is 1. The van der Waals surface area contributed by atoms with E-state index < -0.39 is 0 Å². The van der Waals surface area contributed by atoms with E-state index in [1.54, 1.807) is 7.11 Å². The molecule has 78 valence electrons. The van der Waals surface area contributed by atoms with Crippen molar-refractivity contribution in [2.24, 2.45) is 0 Å². The van der Waals surface area contributed by atoms with Gasteiger partial charge in [-0.2, -0.15) is 0 Å². The van der Waals surface area contributed by atoms with Gasteiger partial charge in [0.1, 0.15) is 11.2 Å². The third-order valence-corrected chi connectivity index (χ3v) is 2.95. The highest BCUT2D eigenvalue weighted by molar-refractivity contribution is 6.20. The molecule has 1 N–H and O–H groups in total. The molecule has 0 bridgehead atoms. The number of hydrogen-bond donors (Lipinski definition) is 1. The van der Waals surface area contributed by atoms with Crippen LogP contribution < -0.4 is 5.32 Å². The minimum absolute atomic E-state index is 0.945. The second-order valence-corrected chi connectivity index (χ2v) is 3.72. The lowest BCUT2D eigenvalue weighted by Crippen LogP contribution is -2.33. The summed E-state index contributed by atoms with van der Waals surface area (Å²) in [5.74, 6) is 1.17. The summed E-state index contributed by atoms with van der Waals surface area (Å²) in [4.78, 5) is 2.29. The van der Waals surface area contributed by atoms with Gasteiger partial charge in [-0.1, -0.05) is 0 Å². The molecular weight excluding hydrogens is 180 g/mol. The van der Waals surface area contributed by atoms with E-state index in [9.17, 15) is 0 Å². The van der Waals surface area contributed by atoms with Gasteiger partial charge in [0.15, 0.2) is 0 Å². The van der Waals surface area contributed by atoms with E-state index >= 15 is 0 Å². The third-order valence-electron chi connectivity index (χ3n) is 2.06. The van der Waals surface area contributed by atoms with Gasteiger partial charge in [0.05, 0.1) is 17.4 Å². The molecule has 0 aliphatic rings. The third kappa shape index (κ3) is 3.72. The van der Waals surface area contributed by atoms with Crippen molar-refractivity contribution in [3.8, 4) is 0 Å². The zero-order chi connectivity index (χ0) is 10.3. The lowest BCUT2D eigenvalue weighted by Gasteiger charge is -2.26. The Morgan fingerprint density at radius 2 is 1.85 bits per heavy atom. The molecule has 0 aromatic rings. The SMILES string of the molecule is CCNC(=C([SiH3])OC)N(CC)CC. The van der Waals surface area contributed by atoms with Gasteiger partial charge in [0, 0.05) is 19.6 Å². The average Bonchev–Trinajstić information content (AvgIpc) is 2.17. The molecule has 0 radical (unpaired) electrons. The summed E-state index contributed by atoms with van der Waals surface area (Å²) in [5, 5.41) is 4.44. The monoisotopic (exact) mass is 202 g/mol. The Bertz CT molecular complexity index is 167. The van der Waals surface area contributed by atoms with Crippen molar-refractivity contribution >= 4 is 10.2 Å². The van der Waals surface area contributed by atoms with E-state index in [0.717, 1.165) is 35.3 Å². The summed E-state index contributed by atoms with van der Waals surface area (Å²) in [5.41, 5.74) is 0. The number of hydrogen-bond acceptors (Lipinski definition) is 3.